The smallest absolute Gasteiger partial charge is 0.338 e. The molecule has 7 heteroatoms. The molecule has 2 amide bonds. The minimum absolute atomic E-state index is 0.0415. The zero-order valence-corrected chi connectivity index (χ0v) is 13.0. The summed E-state index contributed by atoms with van der Waals surface area (Å²) < 4.78 is 4.95. The normalized spacial score (nSPS) is 14.0. The molecule has 0 fully saturated rings. The molecule has 2 N–H and O–H groups in total. The molecule has 23 heavy (non-hydrogen) atoms. The third-order valence-corrected chi connectivity index (χ3v) is 3.33. The molecular formula is C16H18N2O5. The predicted molar refractivity (Wildman–Crippen MR) is 82.6 cm³/mol. The van der Waals surface area contributed by atoms with Crippen LogP contribution < -0.4 is 5.32 Å². The topological polar surface area (TPSA) is 95.9 Å². The first kappa shape index (κ1) is 16.7. The third kappa shape index (κ3) is 3.57. The van der Waals surface area contributed by atoms with Gasteiger partial charge in [0.15, 0.2) is 0 Å². The molecule has 1 heterocycles. The van der Waals surface area contributed by atoms with Crippen molar-refractivity contribution in [2.75, 3.05) is 25.1 Å². The van der Waals surface area contributed by atoms with Crippen molar-refractivity contribution in [1.29, 1.82) is 0 Å². The number of hydrogen-bond acceptors (Lipinski definition) is 6. The van der Waals surface area contributed by atoms with Crippen LogP contribution in [0.15, 0.2) is 30.0 Å². The lowest BCUT2D eigenvalue weighted by Crippen LogP contribution is -2.34. The number of aliphatic hydroxyl groups is 1. The lowest BCUT2D eigenvalue weighted by atomic mass is 10.1. The Hall–Kier alpha value is -2.67. The molecule has 0 bridgehead atoms. The fourth-order valence-electron chi connectivity index (χ4n) is 2.24. The van der Waals surface area contributed by atoms with Crippen LogP contribution in [-0.4, -0.2) is 47.5 Å². The van der Waals surface area contributed by atoms with Crippen molar-refractivity contribution in [2.24, 2.45) is 0 Å². The highest BCUT2D eigenvalue weighted by Crippen LogP contribution is 2.20. The van der Waals surface area contributed by atoms with Crippen LogP contribution in [0.3, 0.4) is 0 Å². The van der Waals surface area contributed by atoms with Crippen molar-refractivity contribution in [3.63, 3.8) is 0 Å². The highest BCUT2D eigenvalue weighted by molar-refractivity contribution is 6.17. The number of anilines is 1. The number of benzene rings is 1. The number of carbonyl (C=O) groups is 3. The maximum absolute atomic E-state index is 12.0. The second-order valence-corrected chi connectivity index (χ2v) is 4.95. The molecule has 0 unspecified atom stereocenters. The van der Waals surface area contributed by atoms with Gasteiger partial charge in [-0.25, -0.2) is 4.79 Å². The monoisotopic (exact) mass is 318 g/mol. The molecule has 0 atom stereocenters. The average Bonchev–Trinajstić information content (AvgIpc) is 2.75. The zero-order valence-electron chi connectivity index (χ0n) is 13.0. The number of rotatable bonds is 6. The summed E-state index contributed by atoms with van der Waals surface area (Å²) in [5, 5.41) is 11.7. The summed E-state index contributed by atoms with van der Waals surface area (Å²) in [6, 6.07) is 4.93. The van der Waals surface area contributed by atoms with Crippen molar-refractivity contribution in [2.45, 2.75) is 13.8 Å². The molecule has 1 aromatic carbocycles. The first-order valence-electron chi connectivity index (χ1n) is 7.21. The quantitative estimate of drug-likeness (QED) is 0.596. The fraction of sp³-hybridized carbons (Fsp3) is 0.312. The number of hydrogen-bond donors (Lipinski definition) is 2. The van der Waals surface area contributed by atoms with Gasteiger partial charge in [-0.2, -0.15) is 0 Å². The van der Waals surface area contributed by atoms with Crippen LogP contribution in [0.1, 0.15) is 22.8 Å². The number of aryl methyl sites for hydroxylation is 1. The summed E-state index contributed by atoms with van der Waals surface area (Å²) in [4.78, 5) is 36.4. The van der Waals surface area contributed by atoms with Crippen LogP contribution in [0, 0.1) is 6.92 Å². The van der Waals surface area contributed by atoms with Gasteiger partial charge < -0.3 is 15.2 Å². The van der Waals surface area contributed by atoms with E-state index in [0.717, 1.165) is 4.90 Å². The van der Waals surface area contributed by atoms with Gasteiger partial charge in [-0.15, -0.1) is 0 Å². The van der Waals surface area contributed by atoms with Gasteiger partial charge in [0.05, 0.1) is 25.3 Å². The standard InChI is InChI=1S/C16H18N2O5/c1-3-23-16(22)12-5-4-11(8-10(12)2)17-13-9-14(20)18(6-7-19)15(13)21/h4-5,8-9,17,19H,3,6-7H2,1-2H3. The van der Waals surface area contributed by atoms with E-state index in [1.54, 1.807) is 32.0 Å². The van der Waals surface area contributed by atoms with Crippen LogP contribution in [0.4, 0.5) is 5.69 Å². The number of aliphatic hydroxyl groups excluding tert-OH is 1. The Morgan fingerprint density at radius 3 is 2.70 bits per heavy atom. The Labute approximate surface area is 133 Å². The molecule has 7 nitrogen and oxygen atoms in total. The first-order valence-corrected chi connectivity index (χ1v) is 7.21. The van der Waals surface area contributed by atoms with E-state index in [1.165, 1.54) is 6.08 Å². The average molecular weight is 318 g/mol. The molecule has 0 radical (unpaired) electrons. The van der Waals surface area contributed by atoms with E-state index in [1.807, 2.05) is 0 Å². The summed E-state index contributed by atoms with van der Waals surface area (Å²) in [6.07, 6.45) is 1.19. The molecule has 0 saturated carbocycles. The summed E-state index contributed by atoms with van der Waals surface area (Å²) in [5.74, 6) is -1.36. The van der Waals surface area contributed by atoms with E-state index in [4.69, 9.17) is 9.84 Å². The maximum atomic E-state index is 12.0. The second-order valence-electron chi connectivity index (χ2n) is 4.95. The van der Waals surface area contributed by atoms with Gasteiger partial charge in [-0.1, -0.05) is 0 Å². The van der Waals surface area contributed by atoms with Crippen molar-refractivity contribution in [3.05, 3.63) is 41.1 Å². The number of ether oxygens (including phenoxy) is 1. The van der Waals surface area contributed by atoms with Gasteiger partial charge in [-0.05, 0) is 37.6 Å². The molecule has 1 aliphatic rings. The largest absolute Gasteiger partial charge is 0.462 e. The summed E-state index contributed by atoms with van der Waals surface area (Å²) in [5.41, 5.74) is 1.85. The van der Waals surface area contributed by atoms with Crippen molar-refractivity contribution in [3.8, 4) is 0 Å². The van der Waals surface area contributed by atoms with Gasteiger partial charge in [0.1, 0.15) is 5.70 Å². The minimum Gasteiger partial charge on any atom is -0.462 e. The number of amides is 2. The molecule has 0 spiro atoms. The van der Waals surface area contributed by atoms with E-state index in [2.05, 4.69) is 5.32 Å². The van der Waals surface area contributed by atoms with Crippen LogP contribution in [0.2, 0.25) is 0 Å². The Kier molecular flexibility index (Phi) is 5.13. The molecule has 122 valence electrons. The Morgan fingerprint density at radius 1 is 1.35 bits per heavy atom. The third-order valence-electron chi connectivity index (χ3n) is 3.33. The lowest BCUT2D eigenvalue weighted by molar-refractivity contribution is -0.137. The highest BCUT2D eigenvalue weighted by Gasteiger charge is 2.30. The minimum atomic E-state index is -0.490. The van der Waals surface area contributed by atoms with Crippen LogP contribution >= 0.6 is 0 Å². The summed E-state index contributed by atoms with van der Waals surface area (Å²) in [7, 11) is 0. The number of nitrogens with zero attached hydrogens (tertiary/aromatic N) is 1. The number of nitrogens with one attached hydrogen (secondary N) is 1. The Morgan fingerprint density at radius 2 is 2.09 bits per heavy atom. The SMILES string of the molecule is CCOC(=O)c1ccc(NC2=CC(=O)N(CCO)C2=O)cc1C. The Bertz CT molecular complexity index is 681. The summed E-state index contributed by atoms with van der Waals surface area (Å²) >= 11 is 0. The van der Waals surface area contributed by atoms with Gasteiger partial charge in [0.2, 0.25) is 0 Å². The van der Waals surface area contributed by atoms with Gasteiger partial charge in [0, 0.05) is 11.8 Å². The molecule has 0 saturated heterocycles. The van der Waals surface area contributed by atoms with E-state index in [0.29, 0.717) is 23.4 Å². The van der Waals surface area contributed by atoms with Crippen molar-refractivity contribution >= 4 is 23.5 Å². The number of imide groups is 1. The molecule has 0 aliphatic carbocycles. The molecule has 1 aromatic rings. The van der Waals surface area contributed by atoms with Gasteiger partial charge in [-0.3, -0.25) is 14.5 Å². The van der Waals surface area contributed by atoms with Crippen molar-refractivity contribution < 1.29 is 24.2 Å². The van der Waals surface area contributed by atoms with E-state index in [-0.39, 0.29) is 18.8 Å². The van der Waals surface area contributed by atoms with Crippen LogP contribution in [0.25, 0.3) is 0 Å². The van der Waals surface area contributed by atoms with Crippen LogP contribution in [0.5, 0.6) is 0 Å². The van der Waals surface area contributed by atoms with Gasteiger partial charge >= 0.3 is 5.97 Å². The molecule has 2 rings (SSSR count). The number of β-amino-alcohol motifs (C(OH)–C–C–N with tert-alkyl or cyclic N) is 1. The molecule has 0 aromatic heterocycles. The van der Waals surface area contributed by atoms with E-state index >= 15 is 0 Å². The van der Waals surface area contributed by atoms with E-state index < -0.39 is 17.8 Å². The first-order chi connectivity index (χ1) is 11.0. The van der Waals surface area contributed by atoms with E-state index in [9.17, 15) is 14.4 Å². The number of carbonyl (C=O) groups excluding carboxylic acids is 3. The highest BCUT2D eigenvalue weighted by atomic mass is 16.5. The molecular weight excluding hydrogens is 300 g/mol. The zero-order chi connectivity index (χ0) is 17.0. The van der Waals surface area contributed by atoms with Gasteiger partial charge in [0.25, 0.3) is 11.8 Å². The Balaban J connectivity index is 2.14. The fourth-order valence-corrected chi connectivity index (χ4v) is 2.24. The second kappa shape index (κ2) is 7.06. The van der Waals surface area contributed by atoms with Crippen molar-refractivity contribution in [1.82, 2.24) is 4.90 Å². The number of esters is 1. The summed E-state index contributed by atoms with van der Waals surface area (Å²) in [6.45, 7) is 3.45. The van der Waals surface area contributed by atoms with Crippen LogP contribution in [-0.2, 0) is 14.3 Å². The predicted octanol–water partition coefficient (Wildman–Crippen LogP) is 0.829. The maximum Gasteiger partial charge on any atom is 0.338 e. The lowest BCUT2D eigenvalue weighted by Gasteiger charge is -2.14. The molecule has 1 aliphatic heterocycles.